The van der Waals surface area contributed by atoms with Gasteiger partial charge in [-0.1, -0.05) is 27.5 Å². The lowest BCUT2D eigenvalue weighted by molar-refractivity contribution is 0.199. The Kier molecular flexibility index (Phi) is 8.09. The second-order valence-electron chi connectivity index (χ2n) is 3.59. The molecular formula is C13H17BrClNO2. The highest BCUT2D eigenvalue weighted by Gasteiger charge is 2.04. The largest absolute Gasteiger partial charge is 0.489 e. The maximum Gasteiger partial charge on any atom is 0.124 e. The Morgan fingerprint density at radius 3 is 3.00 bits per heavy atom. The molecule has 0 aliphatic heterocycles. The standard InChI is InChI=1S/C13H17BrClNO2/c1-17-8-6-16-10-11-9-12(14)3-4-13(11)18-7-2-5-15/h2-5,9,16H,6-8,10H2,1H3. The highest BCUT2D eigenvalue weighted by atomic mass is 79.9. The SMILES string of the molecule is COCCNCc1cc(Br)ccc1OCC=CCl. The molecule has 0 saturated heterocycles. The minimum absolute atomic E-state index is 0.468. The maximum absolute atomic E-state index is 5.63. The summed E-state index contributed by atoms with van der Waals surface area (Å²) in [4.78, 5) is 0. The van der Waals surface area contributed by atoms with Gasteiger partial charge in [0.15, 0.2) is 0 Å². The predicted molar refractivity (Wildman–Crippen MR) is 78.2 cm³/mol. The monoisotopic (exact) mass is 333 g/mol. The third-order valence-electron chi connectivity index (χ3n) is 2.25. The number of rotatable bonds is 8. The first-order chi connectivity index (χ1) is 8.77. The molecule has 0 aliphatic carbocycles. The van der Waals surface area contributed by atoms with Gasteiger partial charge in [0.2, 0.25) is 0 Å². The fourth-order valence-corrected chi connectivity index (χ4v) is 1.88. The van der Waals surface area contributed by atoms with Crippen LogP contribution in [0.5, 0.6) is 5.75 Å². The molecule has 5 heteroatoms. The van der Waals surface area contributed by atoms with Crippen molar-refractivity contribution in [2.24, 2.45) is 0 Å². The van der Waals surface area contributed by atoms with Crippen LogP contribution in [0.15, 0.2) is 34.3 Å². The normalized spacial score (nSPS) is 11.1. The third kappa shape index (κ3) is 5.87. The van der Waals surface area contributed by atoms with E-state index >= 15 is 0 Å². The summed E-state index contributed by atoms with van der Waals surface area (Å²) in [5.74, 6) is 0.859. The summed E-state index contributed by atoms with van der Waals surface area (Å²) in [5, 5.41) is 3.29. The van der Waals surface area contributed by atoms with Crippen molar-refractivity contribution in [3.8, 4) is 5.75 Å². The van der Waals surface area contributed by atoms with E-state index in [-0.39, 0.29) is 0 Å². The van der Waals surface area contributed by atoms with Crippen molar-refractivity contribution in [3.63, 3.8) is 0 Å². The van der Waals surface area contributed by atoms with Gasteiger partial charge in [-0.2, -0.15) is 0 Å². The van der Waals surface area contributed by atoms with Gasteiger partial charge in [-0.3, -0.25) is 0 Å². The second-order valence-corrected chi connectivity index (χ2v) is 4.76. The van der Waals surface area contributed by atoms with Crippen LogP contribution in [0.1, 0.15) is 5.56 Å². The molecule has 1 aromatic carbocycles. The molecule has 1 N–H and O–H groups in total. The van der Waals surface area contributed by atoms with Crippen molar-refractivity contribution < 1.29 is 9.47 Å². The van der Waals surface area contributed by atoms with Gasteiger partial charge in [-0.25, -0.2) is 0 Å². The van der Waals surface area contributed by atoms with Crippen molar-refractivity contribution in [2.45, 2.75) is 6.54 Å². The molecule has 0 radical (unpaired) electrons. The number of hydrogen-bond acceptors (Lipinski definition) is 3. The van der Waals surface area contributed by atoms with Crippen LogP contribution in [0.4, 0.5) is 0 Å². The van der Waals surface area contributed by atoms with Crippen LogP contribution >= 0.6 is 27.5 Å². The molecule has 0 amide bonds. The van der Waals surface area contributed by atoms with Crippen LogP contribution in [-0.4, -0.2) is 26.9 Å². The Hall–Kier alpha value is -0.550. The highest BCUT2D eigenvalue weighted by molar-refractivity contribution is 9.10. The quantitative estimate of drug-likeness (QED) is 0.740. The van der Waals surface area contributed by atoms with E-state index in [1.54, 1.807) is 13.2 Å². The molecule has 0 aromatic heterocycles. The van der Waals surface area contributed by atoms with E-state index in [0.717, 1.165) is 28.9 Å². The molecule has 1 rings (SSSR count). The van der Waals surface area contributed by atoms with E-state index in [1.807, 2.05) is 18.2 Å². The smallest absolute Gasteiger partial charge is 0.124 e. The summed E-state index contributed by atoms with van der Waals surface area (Å²) in [7, 11) is 1.69. The average molecular weight is 335 g/mol. The van der Waals surface area contributed by atoms with Gasteiger partial charge in [0.05, 0.1) is 6.61 Å². The molecule has 0 saturated carbocycles. The number of benzene rings is 1. The molecule has 100 valence electrons. The first kappa shape index (κ1) is 15.5. The van der Waals surface area contributed by atoms with Crippen LogP contribution in [0.2, 0.25) is 0 Å². The average Bonchev–Trinajstić information content (AvgIpc) is 2.37. The molecule has 0 heterocycles. The zero-order valence-electron chi connectivity index (χ0n) is 10.3. The summed E-state index contributed by atoms with van der Waals surface area (Å²) in [6, 6.07) is 5.94. The van der Waals surface area contributed by atoms with Crippen LogP contribution in [0, 0.1) is 0 Å². The Labute approximate surface area is 121 Å². The second kappa shape index (κ2) is 9.39. The summed E-state index contributed by atoms with van der Waals surface area (Å²) in [6.45, 7) is 2.71. The fourth-order valence-electron chi connectivity index (χ4n) is 1.40. The minimum Gasteiger partial charge on any atom is -0.489 e. The van der Waals surface area contributed by atoms with E-state index in [0.29, 0.717) is 13.2 Å². The Balaban J connectivity index is 2.58. The van der Waals surface area contributed by atoms with Gasteiger partial charge < -0.3 is 14.8 Å². The number of hydrogen-bond donors (Lipinski definition) is 1. The number of nitrogens with one attached hydrogen (secondary N) is 1. The predicted octanol–water partition coefficient (Wildman–Crippen LogP) is 3.32. The minimum atomic E-state index is 0.468. The third-order valence-corrected chi connectivity index (χ3v) is 2.92. The molecule has 18 heavy (non-hydrogen) atoms. The molecule has 0 bridgehead atoms. The van der Waals surface area contributed by atoms with Gasteiger partial charge in [0.1, 0.15) is 12.4 Å². The molecule has 0 atom stereocenters. The van der Waals surface area contributed by atoms with Gasteiger partial charge >= 0.3 is 0 Å². The lowest BCUT2D eigenvalue weighted by Gasteiger charge is -2.11. The van der Waals surface area contributed by atoms with Crippen molar-refractivity contribution in [2.75, 3.05) is 26.9 Å². The molecule has 3 nitrogen and oxygen atoms in total. The zero-order chi connectivity index (χ0) is 13.2. The summed E-state index contributed by atoms with van der Waals surface area (Å²) in [6.07, 6.45) is 1.76. The van der Waals surface area contributed by atoms with Gasteiger partial charge in [-0.15, -0.1) is 0 Å². The van der Waals surface area contributed by atoms with Crippen molar-refractivity contribution in [3.05, 3.63) is 39.8 Å². The first-order valence-electron chi connectivity index (χ1n) is 5.64. The Bertz CT molecular complexity index is 385. The van der Waals surface area contributed by atoms with E-state index in [9.17, 15) is 0 Å². The lowest BCUT2D eigenvalue weighted by atomic mass is 10.2. The van der Waals surface area contributed by atoms with Crippen LogP contribution < -0.4 is 10.1 Å². The number of halogens is 2. The summed E-state index contributed by atoms with van der Waals surface area (Å²) in [5.41, 5.74) is 2.55. The molecule has 0 aliphatic rings. The lowest BCUT2D eigenvalue weighted by Crippen LogP contribution is -2.19. The highest BCUT2D eigenvalue weighted by Crippen LogP contribution is 2.23. The summed E-state index contributed by atoms with van der Waals surface area (Å²) < 4.78 is 11.6. The number of methoxy groups -OCH3 is 1. The Morgan fingerprint density at radius 1 is 1.44 bits per heavy atom. The molecule has 0 spiro atoms. The number of ether oxygens (including phenoxy) is 2. The molecule has 0 unspecified atom stereocenters. The zero-order valence-corrected chi connectivity index (χ0v) is 12.6. The van der Waals surface area contributed by atoms with Crippen molar-refractivity contribution in [1.82, 2.24) is 5.32 Å². The van der Waals surface area contributed by atoms with Crippen molar-refractivity contribution in [1.29, 1.82) is 0 Å². The van der Waals surface area contributed by atoms with Gasteiger partial charge in [0.25, 0.3) is 0 Å². The molecular weight excluding hydrogens is 318 g/mol. The topological polar surface area (TPSA) is 30.5 Å². The van der Waals surface area contributed by atoms with E-state index in [4.69, 9.17) is 21.1 Å². The maximum atomic E-state index is 5.63. The fraction of sp³-hybridized carbons (Fsp3) is 0.385. The summed E-state index contributed by atoms with van der Waals surface area (Å²) >= 11 is 8.91. The van der Waals surface area contributed by atoms with E-state index in [2.05, 4.69) is 21.2 Å². The Morgan fingerprint density at radius 2 is 2.28 bits per heavy atom. The van der Waals surface area contributed by atoms with Gasteiger partial charge in [0, 0.05) is 35.8 Å². The van der Waals surface area contributed by atoms with E-state index < -0.39 is 0 Å². The van der Waals surface area contributed by atoms with Crippen LogP contribution in [0.3, 0.4) is 0 Å². The first-order valence-corrected chi connectivity index (χ1v) is 6.87. The van der Waals surface area contributed by atoms with Crippen molar-refractivity contribution >= 4 is 27.5 Å². The van der Waals surface area contributed by atoms with E-state index in [1.165, 1.54) is 5.54 Å². The molecule has 0 fully saturated rings. The van der Waals surface area contributed by atoms with Crippen LogP contribution in [-0.2, 0) is 11.3 Å². The molecule has 1 aromatic rings. The van der Waals surface area contributed by atoms with Crippen LogP contribution in [0.25, 0.3) is 0 Å². The van der Waals surface area contributed by atoms with Gasteiger partial charge in [-0.05, 0) is 24.3 Å².